The zero-order chi connectivity index (χ0) is 23.4. The van der Waals surface area contributed by atoms with Gasteiger partial charge < -0.3 is 10.5 Å². The summed E-state index contributed by atoms with van der Waals surface area (Å²) >= 11 is 0. The highest BCUT2D eigenvalue weighted by Crippen LogP contribution is 2.28. The zero-order valence-corrected chi connectivity index (χ0v) is 18.3. The first-order valence-electron chi connectivity index (χ1n) is 10.2. The topological polar surface area (TPSA) is 146 Å². The number of nitrogens with two attached hydrogens (primary N) is 1. The monoisotopic (exact) mass is 446 g/mol. The maximum absolute atomic E-state index is 13.0. The maximum atomic E-state index is 13.0. The fraction of sp³-hybridized carbons (Fsp3) is 0.182. The number of rotatable bonds is 7. The SMILES string of the molecule is CCOc1ccc(-c2c(C(=O)N/N=C(\C)c3ccc(C)cc3)nnn2-c2nonc2N)cc1. The summed E-state index contributed by atoms with van der Waals surface area (Å²) in [4.78, 5) is 13.0. The number of hydrogen-bond acceptors (Lipinski definition) is 9. The molecule has 0 aliphatic heterocycles. The van der Waals surface area contributed by atoms with Gasteiger partial charge >= 0.3 is 0 Å². The van der Waals surface area contributed by atoms with Gasteiger partial charge in [-0.2, -0.15) is 9.78 Å². The van der Waals surface area contributed by atoms with Crippen LogP contribution in [0, 0.1) is 6.92 Å². The fourth-order valence-corrected chi connectivity index (χ4v) is 3.10. The molecule has 33 heavy (non-hydrogen) atoms. The van der Waals surface area contributed by atoms with E-state index in [0.29, 0.717) is 29.3 Å². The van der Waals surface area contributed by atoms with Crippen LogP contribution in [-0.2, 0) is 0 Å². The summed E-state index contributed by atoms with van der Waals surface area (Å²) in [5, 5.41) is 19.7. The number of aromatic nitrogens is 5. The van der Waals surface area contributed by atoms with Crippen molar-refractivity contribution in [3.63, 3.8) is 0 Å². The number of carbonyl (C=O) groups excluding carboxylic acids is 1. The molecule has 0 aliphatic rings. The van der Waals surface area contributed by atoms with Gasteiger partial charge in [-0.15, -0.1) is 5.10 Å². The number of nitrogen functional groups attached to an aromatic ring is 1. The van der Waals surface area contributed by atoms with E-state index in [1.807, 2.05) is 38.1 Å². The summed E-state index contributed by atoms with van der Waals surface area (Å²) in [7, 11) is 0. The second kappa shape index (κ2) is 9.30. The van der Waals surface area contributed by atoms with Gasteiger partial charge in [-0.25, -0.2) is 10.1 Å². The molecule has 11 heteroatoms. The quantitative estimate of drug-likeness (QED) is 0.325. The first-order valence-corrected chi connectivity index (χ1v) is 10.2. The lowest BCUT2D eigenvalue weighted by Gasteiger charge is -2.08. The average Bonchev–Trinajstić information content (AvgIpc) is 3.44. The van der Waals surface area contributed by atoms with Crippen LogP contribution >= 0.6 is 0 Å². The molecule has 0 unspecified atom stereocenters. The molecule has 2 aromatic heterocycles. The van der Waals surface area contributed by atoms with Crippen molar-refractivity contribution in [3.05, 3.63) is 65.4 Å². The minimum Gasteiger partial charge on any atom is -0.494 e. The molecule has 2 heterocycles. The van der Waals surface area contributed by atoms with E-state index in [1.54, 1.807) is 31.2 Å². The summed E-state index contributed by atoms with van der Waals surface area (Å²) in [6.45, 7) is 6.23. The van der Waals surface area contributed by atoms with Crippen molar-refractivity contribution in [2.45, 2.75) is 20.8 Å². The van der Waals surface area contributed by atoms with E-state index in [2.05, 4.69) is 31.2 Å². The van der Waals surface area contributed by atoms with E-state index in [9.17, 15) is 4.79 Å². The lowest BCUT2D eigenvalue weighted by atomic mass is 10.1. The molecule has 0 aliphatic carbocycles. The van der Waals surface area contributed by atoms with Crippen LogP contribution in [0.4, 0.5) is 5.82 Å². The number of benzene rings is 2. The Morgan fingerprint density at radius 2 is 1.88 bits per heavy atom. The van der Waals surface area contributed by atoms with Crippen molar-refractivity contribution >= 4 is 17.4 Å². The average molecular weight is 446 g/mol. The van der Waals surface area contributed by atoms with Gasteiger partial charge in [-0.1, -0.05) is 35.0 Å². The van der Waals surface area contributed by atoms with Gasteiger partial charge in [0.15, 0.2) is 5.69 Å². The Balaban J connectivity index is 1.69. The van der Waals surface area contributed by atoms with Crippen LogP contribution in [0.3, 0.4) is 0 Å². The Morgan fingerprint density at radius 3 is 2.52 bits per heavy atom. The van der Waals surface area contributed by atoms with Crippen molar-refractivity contribution < 1.29 is 14.2 Å². The molecule has 1 amide bonds. The Bertz CT molecular complexity index is 1290. The van der Waals surface area contributed by atoms with E-state index in [-0.39, 0.29) is 17.3 Å². The number of hydrazone groups is 1. The van der Waals surface area contributed by atoms with Gasteiger partial charge in [0, 0.05) is 5.56 Å². The number of nitrogens with zero attached hydrogens (tertiary/aromatic N) is 6. The summed E-state index contributed by atoms with van der Waals surface area (Å²) in [6, 6.07) is 14.9. The molecule has 0 spiro atoms. The van der Waals surface area contributed by atoms with E-state index in [1.165, 1.54) is 4.68 Å². The smallest absolute Gasteiger partial charge is 0.294 e. The van der Waals surface area contributed by atoms with Gasteiger partial charge in [-0.3, -0.25) is 4.79 Å². The molecule has 168 valence electrons. The Kier molecular flexibility index (Phi) is 6.11. The predicted molar refractivity (Wildman–Crippen MR) is 121 cm³/mol. The van der Waals surface area contributed by atoms with Crippen molar-refractivity contribution in [2.24, 2.45) is 5.10 Å². The molecule has 3 N–H and O–H groups in total. The first-order chi connectivity index (χ1) is 16.0. The summed E-state index contributed by atoms with van der Waals surface area (Å²) in [5.41, 5.74) is 12.1. The minimum absolute atomic E-state index is 0.00674. The van der Waals surface area contributed by atoms with Crippen LogP contribution in [-0.4, -0.2) is 43.5 Å². The van der Waals surface area contributed by atoms with Gasteiger partial charge in [0.05, 0.1) is 12.3 Å². The number of carbonyl (C=O) groups is 1. The maximum Gasteiger partial charge on any atom is 0.294 e. The molecule has 0 radical (unpaired) electrons. The highest BCUT2D eigenvalue weighted by molar-refractivity contribution is 6.02. The van der Waals surface area contributed by atoms with Crippen LogP contribution in [0.15, 0.2) is 58.3 Å². The molecule has 0 atom stereocenters. The van der Waals surface area contributed by atoms with Crippen molar-refractivity contribution in [2.75, 3.05) is 12.3 Å². The van der Waals surface area contributed by atoms with E-state index in [0.717, 1.165) is 11.1 Å². The predicted octanol–water partition coefficient (Wildman–Crippen LogP) is 2.76. The minimum atomic E-state index is -0.549. The molecule has 4 rings (SSSR count). The fourth-order valence-electron chi connectivity index (χ4n) is 3.10. The second-order valence-electron chi connectivity index (χ2n) is 7.13. The lowest BCUT2D eigenvalue weighted by molar-refractivity contribution is 0.0950. The molecular formula is C22H22N8O3. The van der Waals surface area contributed by atoms with Crippen LogP contribution < -0.4 is 15.9 Å². The van der Waals surface area contributed by atoms with Crippen LogP contribution in [0.2, 0.25) is 0 Å². The van der Waals surface area contributed by atoms with E-state index < -0.39 is 5.91 Å². The largest absolute Gasteiger partial charge is 0.494 e. The lowest BCUT2D eigenvalue weighted by Crippen LogP contribution is -2.21. The van der Waals surface area contributed by atoms with Gasteiger partial charge in [0.2, 0.25) is 11.6 Å². The number of nitrogens with one attached hydrogen (secondary N) is 1. The van der Waals surface area contributed by atoms with Crippen LogP contribution in [0.1, 0.15) is 35.5 Å². The van der Waals surface area contributed by atoms with E-state index in [4.69, 9.17) is 15.1 Å². The summed E-state index contributed by atoms with van der Waals surface area (Å²) in [5.74, 6) is 0.260. The molecule has 4 aromatic rings. The van der Waals surface area contributed by atoms with Gasteiger partial charge in [-0.05, 0) is 60.9 Å². The Labute approximate surface area is 189 Å². The third kappa shape index (κ3) is 4.56. The van der Waals surface area contributed by atoms with Crippen LogP contribution in [0.5, 0.6) is 5.75 Å². The number of aryl methyl sites for hydroxylation is 1. The number of amides is 1. The molecule has 11 nitrogen and oxygen atoms in total. The van der Waals surface area contributed by atoms with Crippen molar-refractivity contribution in [3.8, 4) is 22.8 Å². The number of anilines is 1. The van der Waals surface area contributed by atoms with E-state index >= 15 is 0 Å². The normalized spacial score (nSPS) is 11.4. The number of hydrogen-bond donors (Lipinski definition) is 2. The third-order valence-electron chi connectivity index (χ3n) is 4.81. The highest BCUT2D eigenvalue weighted by Gasteiger charge is 2.25. The molecular weight excluding hydrogens is 424 g/mol. The second-order valence-corrected chi connectivity index (χ2v) is 7.13. The van der Waals surface area contributed by atoms with Crippen LogP contribution in [0.25, 0.3) is 17.1 Å². The van der Waals surface area contributed by atoms with Crippen molar-refractivity contribution in [1.29, 1.82) is 0 Å². The van der Waals surface area contributed by atoms with Gasteiger partial charge in [0.25, 0.3) is 5.91 Å². The molecule has 0 fully saturated rings. The highest BCUT2D eigenvalue weighted by atomic mass is 16.6. The standard InChI is InChI=1S/C22H22N8O3/c1-4-32-17-11-9-16(10-12-17)19-18(25-29-30(19)21-20(23)27-33-28-21)22(31)26-24-14(3)15-7-5-13(2)6-8-15/h5-12H,4H2,1-3H3,(H2,23,27)(H,26,31)/b24-14+. The third-order valence-corrected chi connectivity index (χ3v) is 4.81. The summed E-state index contributed by atoms with van der Waals surface area (Å²) in [6.07, 6.45) is 0. The molecule has 0 bridgehead atoms. The molecule has 0 saturated heterocycles. The van der Waals surface area contributed by atoms with Gasteiger partial charge in [0.1, 0.15) is 11.4 Å². The Morgan fingerprint density at radius 1 is 1.15 bits per heavy atom. The molecule has 2 aromatic carbocycles. The molecule has 0 saturated carbocycles. The van der Waals surface area contributed by atoms with Crippen molar-refractivity contribution in [1.82, 2.24) is 30.7 Å². The summed E-state index contributed by atoms with van der Waals surface area (Å²) < 4.78 is 11.5. The Hall–Kier alpha value is -4.54. The zero-order valence-electron chi connectivity index (χ0n) is 18.3. The first kappa shape index (κ1) is 21.7. The number of ether oxygens (including phenoxy) is 1.